The van der Waals surface area contributed by atoms with Crippen LogP contribution >= 0.6 is 0 Å². The van der Waals surface area contributed by atoms with Gasteiger partial charge in [-0.3, -0.25) is 0 Å². The molecule has 0 radical (unpaired) electrons. The number of hydrogen-bond acceptors (Lipinski definition) is 2. The molecule has 1 aliphatic carbocycles. The van der Waals surface area contributed by atoms with Gasteiger partial charge < -0.3 is 10.1 Å². The lowest BCUT2D eigenvalue weighted by molar-refractivity contribution is 0.473. The highest BCUT2D eigenvalue weighted by Crippen LogP contribution is 2.31. The van der Waals surface area contributed by atoms with Gasteiger partial charge in [0.05, 0.1) is 0 Å². The summed E-state index contributed by atoms with van der Waals surface area (Å²) in [7, 11) is 0. The van der Waals surface area contributed by atoms with Crippen molar-refractivity contribution < 1.29 is 4.74 Å². The van der Waals surface area contributed by atoms with Crippen LogP contribution in [0.3, 0.4) is 0 Å². The smallest absolute Gasteiger partial charge is 0.133 e. The molecule has 3 rings (SSSR count). The normalized spacial score (nSPS) is 14.2. The molecule has 0 aliphatic heterocycles. The maximum absolute atomic E-state index is 6.16. The molecule has 2 nitrogen and oxygen atoms in total. The number of aryl methyl sites for hydroxylation is 2. The topological polar surface area (TPSA) is 21.3 Å². The molecular weight excluding hydrogens is 258 g/mol. The van der Waals surface area contributed by atoms with E-state index in [4.69, 9.17) is 4.74 Å². The minimum absolute atomic E-state index is 0.732. The Morgan fingerprint density at radius 2 is 1.81 bits per heavy atom. The average Bonchev–Trinajstić information content (AvgIpc) is 3.30. The Hall–Kier alpha value is -1.80. The second kappa shape index (κ2) is 5.90. The summed E-state index contributed by atoms with van der Waals surface area (Å²) in [6.07, 6.45) is 2.63. The van der Waals surface area contributed by atoms with Gasteiger partial charge in [-0.1, -0.05) is 24.3 Å². The number of benzene rings is 2. The van der Waals surface area contributed by atoms with Crippen molar-refractivity contribution >= 4 is 0 Å². The Balaban J connectivity index is 1.78. The predicted octanol–water partition coefficient (Wildman–Crippen LogP) is 4.66. The summed E-state index contributed by atoms with van der Waals surface area (Å²) in [5.74, 6) is 1.91. The number of rotatable bonds is 5. The zero-order valence-electron chi connectivity index (χ0n) is 13.1. The van der Waals surface area contributed by atoms with E-state index < -0.39 is 0 Å². The first kappa shape index (κ1) is 14.2. The molecule has 21 heavy (non-hydrogen) atoms. The van der Waals surface area contributed by atoms with Crippen molar-refractivity contribution in [2.24, 2.45) is 0 Å². The summed E-state index contributed by atoms with van der Waals surface area (Å²) in [5.41, 5.74) is 4.95. The van der Waals surface area contributed by atoms with E-state index >= 15 is 0 Å². The van der Waals surface area contributed by atoms with Gasteiger partial charge in [0.15, 0.2) is 0 Å². The maximum atomic E-state index is 6.16. The summed E-state index contributed by atoms with van der Waals surface area (Å²) >= 11 is 0. The van der Waals surface area contributed by atoms with Crippen LogP contribution in [0.2, 0.25) is 0 Å². The second-order valence-corrected chi connectivity index (χ2v) is 6.06. The molecule has 2 aromatic rings. The van der Waals surface area contributed by atoms with E-state index in [1.165, 1.54) is 35.1 Å². The molecule has 0 saturated heterocycles. The third-order valence-corrected chi connectivity index (χ3v) is 4.16. The molecule has 0 aromatic heterocycles. The molecule has 1 saturated carbocycles. The quantitative estimate of drug-likeness (QED) is 0.861. The third-order valence-electron chi connectivity index (χ3n) is 4.16. The molecule has 0 amide bonds. The molecule has 110 valence electrons. The molecule has 0 spiro atoms. The van der Waals surface area contributed by atoms with Crippen LogP contribution in [0, 0.1) is 20.8 Å². The molecule has 0 bridgehead atoms. The van der Waals surface area contributed by atoms with Crippen molar-refractivity contribution in [3.8, 4) is 11.5 Å². The van der Waals surface area contributed by atoms with Crippen molar-refractivity contribution in [3.05, 3.63) is 58.7 Å². The molecule has 2 heteroatoms. The zero-order chi connectivity index (χ0) is 14.8. The van der Waals surface area contributed by atoms with E-state index in [0.29, 0.717) is 0 Å². The fourth-order valence-electron chi connectivity index (χ4n) is 2.47. The van der Waals surface area contributed by atoms with E-state index in [9.17, 15) is 0 Å². The lowest BCUT2D eigenvalue weighted by atomic mass is 10.1. The highest BCUT2D eigenvalue weighted by molar-refractivity contribution is 5.47. The molecule has 1 N–H and O–H groups in total. The van der Waals surface area contributed by atoms with E-state index in [1.807, 2.05) is 6.07 Å². The summed E-state index contributed by atoms with van der Waals surface area (Å²) in [6, 6.07) is 13.4. The number of ether oxygens (including phenoxy) is 1. The first-order valence-electron chi connectivity index (χ1n) is 7.70. The third kappa shape index (κ3) is 3.45. The number of hydrogen-bond donors (Lipinski definition) is 1. The summed E-state index contributed by atoms with van der Waals surface area (Å²) in [5, 5.41) is 3.54. The first-order chi connectivity index (χ1) is 10.1. The van der Waals surface area contributed by atoms with Crippen LogP contribution in [-0.4, -0.2) is 6.04 Å². The maximum Gasteiger partial charge on any atom is 0.133 e. The Kier molecular flexibility index (Phi) is 3.98. The van der Waals surface area contributed by atoms with Crippen LogP contribution in [0.25, 0.3) is 0 Å². The molecule has 0 unspecified atom stereocenters. The van der Waals surface area contributed by atoms with Gasteiger partial charge in [-0.25, -0.2) is 0 Å². The van der Waals surface area contributed by atoms with Gasteiger partial charge in [-0.05, 0) is 68.0 Å². The van der Waals surface area contributed by atoms with E-state index in [1.54, 1.807) is 0 Å². The van der Waals surface area contributed by atoms with Gasteiger partial charge in [-0.2, -0.15) is 0 Å². The molecule has 2 aromatic carbocycles. The predicted molar refractivity (Wildman–Crippen MR) is 87.0 cm³/mol. The lowest BCUT2D eigenvalue weighted by Crippen LogP contribution is -2.15. The summed E-state index contributed by atoms with van der Waals surface area (Å²) < 4.78 is 6.16. The SMILES string of the molecule is Cc1ccc(C)c(Oc2cccc(CNC3CC3)c2)c1C. The fraction of sp³-hybridized carbons (Fsp3) is 0.368. The van der Waals surface area contributed by atoms with Crippen molar-refractivity contribution in [1.29, 1.82) is 0 Å². The zero-order valence-corrected chi connectivity index (χ0v) is 13.1. The largest absolute Gasteiger partial charge is 0.457 e. The fourth-order valence-corrected chi connectivity index (χ4v) is 2.47. The van der Waals surface area contributed by atoms with Gasteiger partial charge in [0.2, 0.25) is 0 Å². The first-order valence-corrected chi connectivity index (χ1v) is 7.70. The Morgan fingerprint density at radius 1 is 1.05 bits per heavy atom. The van der Waals surface area contributed by atoms with Gasteiger partial charge in [0, 0.05) is 12.6 Å². The van der Waals surface area contributed by atoms with Crippen LogP contribution in [0.4, 0.5) is 0 Å². The average molecular weight is 281 g/mol. The van der Waals surface area contributed by atoms with Crippen LogP contribution in [0.5, 0.6) is 11.5 Å². The van der Waals surface area contributed by atoms with Gasteiger partial charge in [0.25, 0.3) is 0 Å². The molecular formula is C19H23NO. The highest BCUT2D eigenvalue weighted by atomic mass is 16.5. The monoisotopic (exact) mass is 281 g/mol. The van der Waals surface area contributed by atoms with Crippen LogP contribution in [-0.2, 0) is 6.54 Å². The van der Waals surface area contributed by atoms with E-state index in [-0.39, 0.29) is 0 Å². The Morgan fingerprint density at radius 3 is 2.57 bits per heavy atom. The van der Waals surface area contributed by atoms with Crippen molar-refractivity contribution in [2.75, 3.05) is 0 Å². The van der Waals surface area contributed by atoms with Gasteiger partial charge in [0.1, 0.15) is 11.5 Å². The summed E-state index contributed by atoms with van der Waals surface area (Å²) in [4.78, 5) is 0. The highest BCUT2D eigenvalue weighted by Gasteiger charge is 2.19. The van der Waals surface area contributed by atoms with Crippen molar-refractivity contribution in [2.45, 2.75) is 46.2 Å². The molecule has 0 heterocycles. The minimum Gasteiger partial charge on any atom is -0.457 e. The van der Waals surface area contributed by atoms with Gasteiger partial charge >= 0.3 is 0 Å². The van der Waals surface area contributed by atoms with Crippen LogP contribution in [0.15, 0.2) is 36.4 Å². The molecule has 1 aliphatic rings. The minimum atomic E-state index is 0.732. The molecule has 1 fully saturated rings. The van der Waals surface area contributed by atoms with E-state index in [0.717, 1.165) is 24.1 Å². The molecule has 0 atom stereocenters. The van der Waals surface area contributed by atoms with E-state index in [2.05, 4.69) is 56.4 Å². The standard InChI is InChI=1S/C19H23NO/c1-13-7-8-14(2)19(15(13)3)21-18-6-4-5-16(11-18)12-20-17-9-10-17/h4-8,11,17,20H,9-10,12H2,1-3H3. The second-order valence-electron chi connectivity index (χ2n) is 6.06. The Bertz CT molecular complexity index is 644. The number of nitrogens with one attached hydrogen (secondary N) is 1. The van der Waals surface area contributed by atoms with Crippen molar-refractivity contribution in [3.63, 3.8) is 0 Å². The summed E-state index contributed by atoms with van der Waals surface area (Å²) in [6.45, 7) is 7.27. The Labute approximate surface area is 127 Å². The lowest BCUT2D eigenvalue weighted by Gasteiger charge is -2.14. The van der Waals surface area contributed by atoms with Crippen LogP contribution in [0.1, 0.15) is 35.1 Å². The van der Waals surface area contributed by atoms with Crippen LogP contribution < -0.4 is 10.1 Å². The van der Waals surface area contributed by atoms with Gasteiger partial charge in [-0.15, -0.1) is 0 Å². The van der Waals surface area contributed by atoms with Crippen molar-refractivity contribution in [1.82, 2.24) is 5.32 Å².